The lowest BCUT2D eigenvalue weighted by Gasteiger charge is -2.18. The molecule has 5 nitrogen and oxygen atoms in total. The molecular formula is C12H16BrN5. The molecule has 0 bridgehead atoms. The Labute approximate surface area is 114 Å². The highest BCUT2D eigenvalue weighted by Crippen LogP contribution is 2.26. The number of nitrogens with two attached hydrogens (primary N) is 1. The van der Waals surface area contributed by atoms with Crippen molar-refractivity contribution in [3.63, 3.8) is 0 Å². The van der Waals surface area contributed by atoms with Crippen molar-refractivity contribution in [1.29, 1.82) is 0 Å². The highest BCUT2D eigenvalue weighted by molar-refractivity contribution is 9.10. The van der Waals surface area contributed by atoms with Crippen molar-refractivity contribution in [2.45, 2.75) is 19.4 Å². The summed E-state index contributed by atoms with van der Waals surface area (Å²) >= 11 is 3.44. The average molecular weight is 310 g/mol. The first-order chi connectivity index (χ1) is 8.67. The van der Waals surface area contributed by atoms with Crippen LogP contribution < -0.4 is 10.6 Å². The fraction of sp³-hybridized carbons (Fsp3) is 0.500. The van der Waals surface area contributed by atoms with Crippen LogP contribution in [0.2, 0.25) is 0 Å². The quantitative estimate of drug-likeness (QED) is 0.916. The molecule has 1 aliphatic heterocycles. The van der Waals surface area contributed by atoms with E-state index < -0.39 is 0 Å². The summed E-state index contributed by atoms with van der Waals surface area (Å²) in [5.74, 6) is 1.36. The van der Waals surface area contributed by atoms with Gasteiger partial charge in [0.05, 0.1) is 0 Å². The highest BCUT2D eigenvalue weighted by Gasteiger charge is 2.30. The van der Waals surface area contributed by atoms with E-state index >= 15 is 0 Å². The van der Waals surface area contributed by atoms with Crippen molar-refractivity contribution in [3.8, 4) is 0 Å². The summed E-state index contributed by atoms with van der Waals surface area (Å²) in [4.78, 5) is 6.82. The van der Waals surface area contributed by atoms with Gasteiger partial charge in [-0.3, -0.25) is 0 Å². The molecule has 0 amide bonds. The minimum absolute atomic E-state index is 0.458. The smallest absolute Gasteiger partial charge is 0.245 e. The summed E-state index contributed by atoms with van der Waals surface area (Å²) in [5.41, 5.74) is 6.62. The number of anilines is 1. The third-order valence-corrected chi connectivity index (χ3v) is 4.00. The summed E-state index contributed by atoms with van der Waals surface area (Å²) in [6.07, 6.45) is 3.04. The van der Waals surface area contributed by atoms with Crippen LogP contribution in [-0.2, 0) is 0 Å². The average Bonchev–Trinajstić information content (AvgIpc) is 2.91. The van der Waals surface area contributed by atoms with Crippen LogP contribution in [-0.4, -0.2) is 33.7 Å². The molecule has 18 heavy (non-hydrogen) atoms. The van der Waals surface area contributed by atoms with Crippen LogP contribution >= 0.6 is 15.9 Å². The molecule has 3 heterocycles. The van der Waals surface area contributed by atoms with E-state index in [2.05, 4.69) is 37.8 Å². The van der Waals surface area contributed by atoms with E-state index in [1.807, 2.05) is 22.8 Å². The summed E-state index contributed by atoms with van der Waals surface area (Å²) in [6, 6.07) is 4.39. The van der Waals surface area contributed by atoms with Crippen molar-refractivity contribution >= 4 is 27.5 Å². The van der Waals surface area contributed by atoms with Crippen molar-refractivity contribution < 1.29 is 0 Å². The van der Waals surface area contributed by atoms with Gasteiger partial charge in [-0.15, -0.1) is 5.10 Å². The van der Waals surface area contributed by atoms with E-state index in [0.29, 0.717) is 12.0 Å². The molecule has 2 unspecified atom stereocenters. The van der Waals surface area contributed by atoms with E-state index in [4.69, 9.17) is 5.73 Å². The third kappa shape index (κ3) is 1.99. The van der Waals surface area contributed by atoms with E-state index in [0.717, 1.165) is 35.6 Å². The molecule has 0 spiro atoms. The first-order valence-corrected chi connectivity index (χ1v) is 6.95. The zero-order valence-corrected chi connectivity index (χ0v) is 11.8. The monoisotopic (exact) mass is 309 g/mol. The van der Waals surface area contributed by atoms with Gasteiger partial charge in [0.15, 0.2) is 5.65 Å². The van der Waals surface area contributed by atoms with Gasteiger partial charge in [0.1, 0.15) is 0 Å². The van der Waals surface area contributed by atoms with Gasteiger partial charge >= 0.3 is 0 Å². The number of fused-ring (bicyclic) bond motifs is 1. The molecule has 2 atom stereocenters. The van der Waals surface area contributed by atoms with E-state index in [1.54, 1.807) is 0 Å². The molecule has 2 aromatic rings. The first-order valence-electron chi connectivity index (χ1n) is 6.16. The predicted octanol–water partition coefficient (Wildman–Crippen LogP) is 1.67. The minimum Gasteiger partial charge on any atom is -0.336 e. The second kappa shape index (κ2) is 4.51. The Morgan fingerprint density at radius 2 is 2.33 bits per heavy atom. The van der Waals surface area contributed by atoms with Crippen molar-refractivity contribution in [3.05, 3.63) is 22.8 Å². The molecule has 1 aliphatic rings. The van der Waals surface area contributed by atoms with Crippen molar-refractivity contribution in [2.24, 2.45) is 11.7 Å². The van der Waals surface area contributed by atoms with Gasteiger partial charge in [0.25, 0.3) is 0 Å². The fourth-order valence-corrected chi connectivity index (χ4v) is 2.89. The second-order valence-electron chi connectivity index (χ2n) is 4.90. The molecule has 1 saturated heterocycles. The Morgan fingerprint density at radius 3 is 3.06 bits per heavy atom. The van der Waals surface area contributed by atoms with Crippen molar-refractivity contribution in [2.75, 3.05) is 18.0 Å². The molecule has 0 radical (unpaired) electrons. The molecule has 2 N–H and O–H groups in total. The SMILES string of the molecule is CC1CC(CN)CN1c1nc2ccc(Br)cn2n1. The van der Waals surface area contributed by atoms with Crippen LogP contribution in [0.3, 0.4) is 0 Å². The Bertz CT molecular complexity index is 567. The van der Waals surface area contributed by atoms with Crippen LogP contribution in [0.15, 0.2) is 22.8 Å². The highest BCUT2D eigenvalue weighted by atomic mass is 79.9. The topological polar surface area (TPSA) is 59.5 Å². The predicted molar refractivity (Wildman–Crippen MR) is 74.7 cm³/mol. The van der Waals surface area contributed by atoms with Gasteiger partial charge in [-0.1, -0.05) is 0 Å². The van der Waals surface area contributed by atoms with Crippen molar-refractivity contribution in [1.82, 2.24) is 14.6 Å². The summed E-state index contributed by atoms with van der Waals surface area (Å²) in [5, 5.41) is 4.54. The number of aromatic nitrogens is 3. The number of halogens is 1. The van der Waals surface area contributed by atoms with Gasteiger partial charge in [0.2, 0.25) is 5.95 Å². The Kier molecular flexibility index (Phi) is 2.99. The number of pyridine rings is 1. The van der Waals surface area contributed by atoms with E-state index in [9.17, 15) is 0 Å². The Balaban J connectivity index is 1.94. The maximum Gasteiger partial charge on any atom is 0.245 e. The maximum atomic E-state index is 5.75. The molecule has 0 aliphatic carbocycles. The lowest BCUT2D eigenvalue weighted by atomic mass is 10.1. The minimum atomic E-state index is 0.458. The maximum absolute atomic E-state index is 5.75. The van der Waals surface area contributed by atoms with E-state index in [1.165, 1.54) is 0 Å². The van der Waals surface area contributed by atoms with Gasteiger partial charge < -0.3 is 10.6 Å². The Hall–Kier alpha value is -1.14. The number of hydrogen-bond donors (Lipinski definition) is 1. The van der Waals surface area contributed by atoms with Gasteiger partial charge in [-0.2, -0.15) is 4.98 Å². The molecule has 6 heteroatoms. The van der Waals surface area contributed by atoms with Crippen LogP contribution in [0.25, 0.3) is 5.65 Å². The molecule has 1 fully saturated rings. The van der Waals surface area contributed by atoms with Gasteiger partial charge in [-0.25, -0.2) is 4.52 Å². The molecule has 96 valence electrons. The molecule has 0 saturated carbocycles. The normalized spacial score (nSPS) is 24.1. The second-order valence-corrected chi connectivity index (χ2v) is 5.82. The number of hydrogen-bond acceptors (Lipinski definition) is 4. The zero-order chi connectivity index (χ0) is 12.7. The number of nitrogens with zero attached hydrogens (tertiary/aromatic N) is 4. The summed E-state index contributed by atoms with van der Waals surface area (Å²) in [6.45, 7) is 3.90. The van der Waals surface area contributed by atoms with Crippen LogP contribution in [0.1, 0.15) is 13.3 Å². The summed E-state index contributed by atoms with van der Waals surface area (Å²) < 4.78 is 2.81. The molecule has 0 aromatic carbocycles. The molecule has 3 rings (SSSR count). The van der Waals surface area contributed by atoms with Crippen LogP contribution in [0.5, 0.6) is 0 Å². The lowest BCUT2D eigenvalue weighted by molar-refractivity contribution is 0.579. The van der Waals surface area contributed by atoms with Crippen LogP contribution in [0.4, 0.5) is 5.95 Å². The lowest BCUT2D eigenvalue weighted by Crippen LogP contribution is -2.28. The zero-order valence-electron chi connectivity index (χ0n) is 10.3. The Morgan fingerprint density at radius 1 is 1.50 bits per heavy atom. The summed E-state index contributed by atoms with van der Waals surface area (Å²) in [7, 11) is 0. The number of rotatable bonds is 2. The van der Waals surface area contributed by atoms with E-state index in [-0.39, 0.29) is 0 Å². The first kappa shape index (κ1) is 11.9. The third-order valence-electron chi connectivity index (χ3n) is 3.54. The standard InChI is InChI=1S/C12H16BrN5/c1-8-4-9(5-14)6-17(8)12-15-11-3-2-10(13)7-18(11)16-12/h2-3,7-9H,4-6,14H2,1H3. The fourth-order valence-electron chi connectivity index (χ4n) is 2.56. The molecule has 2 aromatic heterocycles. The van der Waals surface area contributed by atoms with Gasteiger partial charge in [-0.05, 0) is 53.9 Å². The van der Waals surface area contributed by atoms with Gasteiger partial charge in [0, 0.05) is 23.3 Å². The largest absolute Gasteiger partial charge is 0.336 e. The van der Waals surface area contributed by atoms with Crippen LogP contribution in [0, 0.1) is 5.92 Å². The molecular weight excluding hydrogens is 294 g/mol.